The Morgan fingerprint density at radius 3 is 2.31 bits per heavy atom. The molecule has 3 aromatic carbocycles. The molecule has 0 aliphatic carbocycles. The number of imide groups is 1. The zero-order valence-electron chi connectivity index (χ0n) is 15.3. The maximum atomic E-state index is 12.8. The smallest absolute Gasteiger partial charge is 0.338 e. The van der Waals surface area contributed by atoms with Gasteiger partial charge < -0.3 is 4.74 Å². The van der Waals surface area contributed by atoms with Gasteiger partial charge in [-0.05, 0) is 35.4 Å². The van der Waals surface area contributed by atoms with Gasteiger partial charge in [0.05, 0.1) is 23.2 Å². The second kappa shape index (κ2) is 7.89. The van der Waals surface area contributed by atoms with Crippen LogP contribution < -0.4 is 0 Å². The Bertz CT molecular complexity index is 1110. The van der Waals surface area contributed by atoms with Gasteiger partial charge in [0.15, 0.2) is 0 Å². The van der Waals surface area contributed by atoms with E-state index in [0.717, 1.165) is 10.5 Å². The minimum atomic E-state index is -0.554. The number of halogens is 1. The maximum Gasteiger partial charge on any atom is 0.338 e. The average molecular weight is 406 g/mol. The average Bonchev–Trinajstić information content (AvgIpc) is 2.98. The van der Waals surface area contributed by atoms with Crippen LogP contribution in [0.5, 0.6) is 0 Å². The van der Waals surface area contributed by atoms with E-state index in [2.05, 4.69) is 0 Å². The van der Waals surface area contributed by atoms with Crippen molar-refractivity contribution in [1.29, 1.82) is 0 Å². The van der Waals surface area contributed by atoms with Crippen LogP contribution in [0.3, 0.4) is 0 Å². The van der Waals surface area contributed by atoms with Crippen molar-refractivity contribution in [3.05, 3.63) is 106 Å². The summed E-state index contributed by atoms with van der Waals surface area (Å²) in [5.74, 6) is -1.42. The topological polar surface area (TPSA) is 63.7 Å². The van der Waals surface area contributed by atoms with Gasteiger partial charge in [0.1, 0.15) is 6.61 Å². The summed E-state index contributed by atoms with van der Waals surface area (Å²) in [4.78, 5) is 39.0. The predicted octanol–water partition coefficient (Wildman–Crippen LogP) is 4.49. The standard InChI is InChI=1S/C23H16ClNO4/c24-20-9-5-4-8-17(20)13-25-21(26)18-11-10-16(12-19(18)22(25)27)23(28)29-14-15-6-2-1-3-7-15/h1-12H,13-14H2. The lowest BCUT2D eigenvalue weighted by molar-refractivity contribution is 0.0472. The van der Waals surface area contributed by atoms with Crippen molar-refractivity contribution in [1.82, 2.24) is 4.90 Å². The first-order chi connectivity index (χ1) is 14.0. The third-order valence-corrected chi connectivity index (χ3v) is 5.07. The van der Waals surface area contributed by atoms with Gasteiger partial charge in [-0.15, -0.1) is 0 Å². The summed E-state index contributed by atoms with van der Waals surface area (Å²) in [5, 5.41) is 0.481. The number of amides is 2. The molecule has 0 aromatic heterocycles. The number of benzene rings is 3. The van der Waals surface area contributed by atoms with Gasteiger partial charge in [0, 0.05) is 5.02 Å². The van der Waals surface area contributed by atoms with Crippen molar-refractivity contribution in [2.75, 3.05) is 0 Å². The lowest BCUT2D eigenvalue weighted by Gasteiger charge is -2.14. The fourth-order valence-corrected chi connectivity index (χ4v) is 3.36. The summed E-state index contributed by atoms with van der Waals surface area (Å²) in [6.45, 7) is 0.197. The summed E-state index contributed by atoms with van der Waals surface area (Å²) < 4.78 is 5.31. The minimum Gasteiger partial charge on any atom is -0.457 e. The number of fused-ring (bicyclic) bond motifs is 1. The number of rotatable bonds is 5. The molecule has 0 saturated heterocycles. The molecule has 0 bridgehead atoms. The third-order valence-electron chi connectivity index (χ3n) is 4.71. The number of carbonyl (C=O) groups excluding carboxylic acids is 3. The van der Waals surface area contributed by atoms with Crippen molar-refractivity contribution in [2.24, 2.45) is 0 Å². The van der Waals surface area contributed by atoms with E-state index in [1.54, 1.807) is 24.3 Å². The summed E-state index contributed by atoms with van der Waals surface area (Å²) in [7, 11) is 0. The third kappa shape index (κ3) is 3.77. The van der Waals surface area contributed by atoms with Crippen LogP contribution in [0.2, 0.25) is 5.02 Å². The van der Waals surface area contributed by atoms with Crippen molar-refractivity contribution < 1.29 is 19.1 Å². The van der Waals surface area contributed by atoms with E-state index in [1.165, 1.54) is 18.2 Å². The predicted molar refractivity (Wildman–Crippen MR) is 108 cm³/mol. The highest BCUT2D eigenvalue weighted by atomic mass is 35.5. The van der Waals surface area contributed by atoms with Gasteiger partial charge in [-0.3, -0.25) is 14.5 Å². The number of nitrogens with zero attached hydrogens (tertiary/aromatic N) is 1. The summed E-state index contributed by atoms with van der Waals surface area (Å²) in [6, 6.07) is 20.7. The number of hydrogen-bond donors (Lipinski definition) is 0. The van der Waals surface area contributed by atoms with E-state index < -0.39 is 17.8 Å². The largest absolute Gasteiger partial charge is 0.457 e. The van der Waals surface area contributed by atoms with Crippen LogP contribution in [0.15, 0.2) is 72.8 Å². The Balaban J connectivity index is 1.52. The van der Waals surface area contributed by atoms with Gasteiger partial charge in [-0.1, -0.05) is 60.1 Å². The normalized spacial score (nSPS) is 12.8. The Morgan fingerprint density at radius 2 is 1.55 bits per heavy atom. The number of hydrogen-bond acceptors (Lipinski definition) is 4. The van der Waals surface area contributed by atoms with E-state index in [9.17, 15) is 14.4 Å². The molecule has 3 aromatic rings. The Kier molecular flexibility index (Phi) is 5.14. The zero-order valence-corrected chi connectivity index (χ0v) is 16.1. The molecule has 0 N–H and O–H groups in total. The van der Waals surface area contributed by atoms with Crippen LogP contribution in [0.25, 0.3) is 0 Å². The van der Waals surface area contributed by atoms with Crippen LogP contribution in [0.1, 0.15) is 42.2 Å². The number of carbonyl (C=O) groups is 3. The molecule has 1 aliphatic heterocycles. The van der Waals surface area contributed by atoms with E-state index >= 15 is 0 Å². The van der Waals surface area contributed by atoms with Crippen LogP contribution in [-0.2, 0) is 17.9 Å². The molecular formula is C23H16ClNO4. The maximum absolute atomic E-state index is 12.8. The molecule has 0 atom stereocenters. The van der Waals surface area contributed by atoms with Crippen molar-refractivity contribution in [3.63, 3.8) is 0 Å². The highest BCUT2D eigenvalue weighted by Crippen LogP contribution is 2.27. The minimum absolute atomic E-state index is 0.0693. The first kappa shape index (κ1) is 18.9. The van der Waals surface area contributed by atoms with Gasteiger partial charge in [-0.2, -0.15) is 0 Å². The molecule has 0 radical (unpaired) electrons. The van der Waals surface area contributed by atoms with Crippen LogP contribution in [-0.4, -0.2) is 22.7 Å². The lowest BCUT2D eigenvalue weighted by Crippen LogP contribution is -2.29. The first-order valence-electron chi connectivity index (χ1n) is 8.99. The number of esters is 1. The van der Waals surface area contributed by atoms with E-state index in [-0.39, 0.29) is 29.8 Å². The lowest BCUT2D eigenvalue weighted by atomic mass is 10.1. The molecule has 0 spiro atoms. The van der Waals surface area contributed by atoms with Crippen LogP contribution in [0.4, 0.5) is 0 Å². The molecule has 1 heterocycles. The number of ether oxygens (including phenoxy) is 1. The van der Waals surface area contributed by atoms with E-state index in [4.69, 9.17) is 16.3 Å². The molecule has 2 amide bonds. The fraction of sp³-hybridized carbons (Fsp3) is 0.0870. The Hall–Kier alpha value is -3.44. The molecule has 29 heavy (non-hydrogen) atoms. The molecule has 0 saturated carbocycles. The van der Waals surface area contributed by atoms with Gasteiger partial charge in [0.25, 0.3) is 11.8 Å². The van der Waals surface area contributed by atoms with E-state index in [0.29, 0.717) is 10.6 Å². The zero-order chi connectivity index (χ0) is 20.4. The van der Waals surface area contributed by atoms with E-state index in [1.807, 2.05) is 30.3 Å². The molecule has 5 nitrogen and oxygen atoms in total. The molecule has 6 heteroatoms. The quantitative estimate of drug-likeness (QED) is 0.463. The highest BCUT2D eigenvalue weighted by molar-refractivity contribution is 6.31. The SMILES string of the molecule is O=C(OCc1ccccc1)c1ccc2c(c1)C(=O)N(Cc1ccccc1Cl)C2=O. The van der Waals surface area contributed by atoms with Gasteiger partial charge in [0.2, 0.25) is 0 Å². The van der Waals surface area contributed by atoms with Gasteiger partial charge in [-0.25, -0.2) is 4.79 Å². The van der Waals surface area contributed by atoms with Crippen molar-refractivity contribution in [3.8, 4) is 0 Å². The van der Waals surface area contributed by atoms with Crippen molar-refractivity contribution >= 4 is 29.4 Å². The second-order valence-corrected chi connectivity index (χ2v) is 7.02. The monoisotopic (exact) mass is 405 g/mol. The Labute approximate surface area is 172 Å². The van der Waals surface area contributed by atoms with Crippen LogP contribution in [0, 0.1) is 0 Å². The molecule has 0 unspecified atom stereocenters. The molecule has 1 aliphatic rings. The molecule has 144 valence electrons. The fourth-order valence-electron chi connectivity index (χ4n) is 3.16. The summed E-state index contributed by atoms with van der Waals surface area (Å²) in [6.07, 6.45) is 0. The van der Waals surface area contributed by atoms with Crippen LogP contribution >= 0.6 is 11.6 Å². The second-order valence-electron chi connectivity index (χ2n) is 6.61. The van der Waals surface area contributed by atoms with Gasteiger partial charge >= 0.3 is 5.97 Å². The van der Waals surface area contributed by atoms with Crippen molar-refractivity contribution in [2.45, 2.75) is 13.2 Å². The summed E-state index contributed by atoms with van der Waals surface area (Å²) in [5.41, 5.74) is 2.21. The molecule has 0 fully saturated rings. The highest BCUT2D eigenvalue weighted by Gasteiger charge is 2.36. The molecular weight excluding hydrogens is 390 g/mol. The summed E-state index contributed by atoms with van der Waals surface area (Å²) >= 11 is 6.15. The first-order valence-corrected chi connectivity index (χ1v) is 9.37. The molecule has 4 rings (SSSR count). The Morgan fingerprint density at radius 1 is 0.862 bits per heavy atom.